The number of benzene rings is 1. The summed E-state index contributed by atoms with van der Waals surface area (Å²) in [4.78, 5) is 35.2. The van der Waals surface area contributed by atoms with Gasteiger partial charge in [0.25, 0.3) is 5.56 Å². The topological polar surface area (TPSA) is 96.3 Å². The van der Waals surface area contributed by atoms with E-state index in [1.807, 2.05) is 0 Å². The van der Waals surface area contributed by atoms with E-state index in [0.29, 0.717) is 12.1 Å². The maximum Gasteiger partial charge on any atom is 0.335 e. The Hall–Kier alpha value is -2.67. The zero-order valence-electron chi connectivity index (χ0n) is 12.4. The largest absolute Gasteiger partial charge is 0.468 e. The Morgan fingerprint density at radius 3 is 2.45 bits per heavy atom. The molecular weight excluding hydrogens is 286 g/mol. The first-order valence-electron chi connectivity index (χ1n) is 6.65. The molecule has 1 unspecified atom stereocenters. The van der Waals surface area contributed by atoms with Gasteiger partial charge in [-0.2, -0.15) is 0 Å². The number of esters is 1. The average Bonchev–Trinajstić information content (AvgIpc) is 2.52. The fraction of sp³-hybridized carbons (Fsp3) is 0.267. The molecule has 116 valence electrons. The highest BCUT2D eigenvalue weighted by Crippen LogP contribution is 2.08. The lowest BCUT2D eigenvalue weighted by Gasteiger charge is -2.10. The van der Waals surface area contributed by atoms with Crippen LogP contribution in [0.1, 0.15) is 5.56 Å². The normalized spacial score (nSPS) is 12.0. The van der Waals surface area contributed by atoms with E-state index in [0.717, 1.165) is 10.1 Å². The molecule has 7 nitrogen and oxygen atoms in total. The van der Waals surface area contributed by atoms with Crippen LogP contribution in [0.15, 0.2) is 46.1 Å². The van der Waals surface area contributed by atoms with Crippen LogP contribution in [0, 0.1) is 0 Å². The number of aromatic nitrogens is 2. The first-order valence-corrected chi connectivity index (χ1v) is 6.65. The second-order valence-electron chi connectivity index (χ2n) is 4.88. The summed E-state index contributed by atoms with van der Waals surface area (Å²) in [7, 11) is 2.85. The third kappa shape index (κ3) is 3.15. The molecule has 0 aliphatic heterocycles. The third-order valence-corrected chi connectivity index (χ3v) is 3.31. The van der Waals surface area contributed by atoms with Gasteiger partial charge in [0.2, 0.25) is 0 Å². The first-order chi connectivity index (χ1) is 10.4. The van der Waals surface area contributed by atoms with Gasteiger partial charge in [0.05, 0.1) is 12.8 Å². The highest BCUT2D eigenvalue weighted by Gasteiger charge is 2.14. The molecule has 0 saturated carbocycles. The van der Waals surface area contributed by atoms with Gasteiger partial charge in [0.15, 0.2) is 0 Å². The second-order valence-corrected chi connectivity index (χ2v) is 4.88. The number of hydrogen-bond acceptors (Lipinski definition) is 5. The number of nitrogens with two attached hydrogens (primary N) is 1. The van der Waals surface area contributed by atoms with Crippen LogP contribution in [0.25, 0.3) is 5.69 Å². The van der Waals surface area contributed by atoms with Crippen molar-refractivity contribution < 1.29 is 9.53 Å². The van der Waals surface area contributed by atoms with Crippen LogP contribution in [-0.2, 0) is 23.0 Å². The molecule has 2 N–H and O–H groups in total. The van der Waals surface area contributed by atoms with Crippen molar-refractivity contribution in [3.63, 3.8) is 0 Å². The molecule has 0 radical (unpaired) electrons. The van der Waals surface area contributed by atoms with Crippen LogP contribution in [0.4, 0.5) is 0 Å². The van der Waals surface area contributed by atoms with Gasteiger partial charge in [-0.3, -0.25) is 9.59 Å². The molecule has 0 saturated heterocycles. The van der Waals surface area contributed by atoms with E-state index < -0.39 is 23.3 Å². The monoisotopic (exact) mass is 303 g/mol. The lowest BCUT2D eigenvalue weighted by Crippen LogP contribution is -2.36. The predicted molar refractivity (Wildman–Crippen MR) is 81.0 cm³/mol. The number of nitrogens with zero attached hydrogens (tertiary/aromatic N) is 2. The molecular formula is C15H17N3O4. The number of hydrogen-bond donors (Lipinski definition) is 1. The number of aryl methyl sites for hydroxylation is 1. The smallest absolute Gasteiger partial charge is 0.335 e. The van der Waals surface area contributed by atoms with Crippen LogP contribution in [0.2, 0.25) is 0 Å². The summed E-state index contributed by atoms with van der Waals surface area (Å²) in [5, 5.41) is 0. The minimum Gasteiger partial charge on any atom is -0.468 e. The van der Waals surface area contributed by atoms with Crippen molar-refractivity contribution in [1.29, 1.82) is 0 Å². The molecule has 22 heavy (non-hydrogen) atoms. The van der Waals surface area contributed by atoms with E-state index in [2.05, 4.69) is 4.74 Å². The number of carbonyl (C=O) groups is 1. The number of ether oxygens (including phenoxy) is 1. The van der Waals surface area contributed by atoms with E-state index >= 15 is 0 Å². The average molecular weight is 303 g/mol. The molecule has 0 spiro atoms. The molecule has 1 aromatic heterocycles. The van der Waals surface area contributed by atoms with Crippen molar-refractivity contribution in [1.82, 2.24) is 9.13 Å². The SMILES string of the molecule is COC(=O)C(N)Cc1ccc(-n2c(=O)ccn(C)c2=O)cc1. The number of carbonyl (C=O) groups excluding carboxylic acids is 1. The van der Waals surface area contributed by atoms with Crippen molar-refractivity contribution >= 4 is 5.97 Å². The summed E-state index contributed by atoms with van der Waals surface area (Å²) >= 11 is 0. The van der Waals surface area contributed by atoms with E-state index in [4.69, 9.17) is 5.73 Å². The maximum atomic E-state index is 12.0. The zero-order valence-corrected chi connectivity index (χ0v) is 12.4. The minimum atomic E-state index is -0.747. The van der Waals surface area contributed by atoms with Gasteiger partial charge >= 0.3 is 11.7 Å². The summed E-state index contributed by atoms with van der Waals surface area (Å²) in [5.74, 6) is -0.489. The molecule has 0 fully saturated rings. The third-order valence-electron chi connectivity index (χ3n) is 3.31. The van der Waals surface area contributed by atoms with E-state index in [1.54, 1.807) is 31.3 Å². The molecule has 1 aromatic carbocycles. The van der Waals surface area contributed by atoms with Crippen molar-refractivity contribution in [2.45, 2.75) is 12.5 Å². The van der Waals surface area contributed by atoms with E-state index in [9.17, 15) is 14.4 Å². The van der Waals surface area contributed by atoms with Gasteiger partial charge in [-0.05, 0) is 24.1 Å². The second kappa shape index (κ2) is 6.40. The Balaban J connectivity index is 2.31. The van der Waals surface area contributed by atoms with Gasteiger partial charge in [-0.15, -0.1) is 0 Å². The molecule has 2 rings (SSSR count). The Bertz CT molecular complexity index is 790. The first kappa shape index (κ1) is 15.7. The van der Waals surface area contributed by atoms with Gasteiger partial charge in [-0.1, -0.05) is 12.1 Å². The summed E-state index contributed by atoms with van der Waals surface area (Å²) in [6.45, 7) is 0. The number of rotatable bonds is 4. The van der Waals surface area contributed by atoms with Crippen molar-refractivity contribution in [3.8, 4) is 5.69 Å². The molecule has 7 heteroatoms. The van der Waals surface area contributed by atoms with Gasteiger partial charge in [0, 0.05) is 19.3 Å². The van der Waals surface area contributed by atoms with E-state index in [-0.39, 0.29) is 0 Å². The van der Waals surface area contributed by atoms with Crippen LogP contribution < -0.4 is 17.0 Å². The molecule has 0 aliphatic rings. The summed E-state index contributed by atoms with van der Waals surface area (Å²) in [5.41, 5.74) is 6.14. The Labute approximate surface area is 126 Å². The van der Waals surface area contributed by atoms with Crippen LogP contribution >= 0.6 is 0 Å². The van der Waals surface area contributed by atoms with Crippen molar-refractivity contribution in [2.75, 3.05) is 7.11 Å². The summed E-state index contributed by atoms with van der Waals surface area (Å²) < 4.78 is 6.96. The number of methoxy groups -OCH3 is 1. The molecule has 0 aliphatic carbocycles. The molecule has 2 aromatic rings. The van der Waals surface area contributed by atoms with Gasteiger partial charge in [-0.25, -0.2) is 9.36 Å². The zero-order chi connectivity index (χ0) is 16.3. The molecule has 0 bridgehead atoms. The molecule has 1 atom stereocenters. The fourth-order valence-corrected chi connectivity index (χ4v) is 2.07. The van der Waals surface area contributed by atoms with Crippen LogP contribution in [-0.4, -0.2) is 28.3 Å². The Morgan fingerprint density at radius 1 is 1.23 bits per heavy atom. The molecule has 0 amide bonds. The minimum absolute atomic E-state index is 0.314. The lowest BCUT2D eigenvalue weighted by atomic mass is 10.1. The van der Waals surface area contributed by atoms with Gasteiger partial charge < -0.3 is 15.0 Å². The summed E-state index contributed by atoms with van der Waals surface area (Å²) in [6, 6.07) is 7.30. The molecule has 1 heterocycles. The quantitative estimate of drug-likeness (QED) is 0.774. The Morgan fingerprint density at radius 2 is 1.86 bits per heavy atom. The fourth-order valence-electron chi connectivity index (χ4n) is 2.07. The van der Waals surface area contributed by atoms with Gasteiger partial charge in [0.1, 0.15) is 6.04 Å². The standard InChI is InChI=1S/C15H17N3O4/c1-17-8-7-13(19)18(15(17)21)11-5-3-10(4-6-11)9-12(16)14(20)22-2/h3-8,12H,9,16H2,1-2H3. The van der Waals surface area contributed by atoms with Crippen LogP contribution in [0.3, 0.4) is 0 Å². The van der Waals surface area contributed by atoms with Crippen molar-refractivity contribution in [2.24, 2.45) is 12.8 Å². The van der Waals surface area contributed by atoms with E-state index in [1.165, 1.54) is 23.9 Å². The highest BCUT2D eigenvalue weighted by molar-refractivity contribution is 5.75. The summed E-state index contributed by atoms with van der Waals surface area (Å²) in [6.07, 6.45) is 1.74. The Kier molecular flexibility index (Phi) is 4.57. The predicted octanol–water partition coefficient (Wildman–Crippen LogP) is -0.421. The van der Waals surface area contributed by atoms with Crippen LogP contribution in [0.5, 0.6) is 0 Å². The lowest BCUT2D eigenvalue weighted by molar-refractivity contribution is -0.142. The van der Waals surface area contributed by atoms with Crippen molar-refractivity contribution in [3.05, 3.63) is 62.9 Å². The highest BCUT2D eigenvalue weighted by atomic mass is 16.5. The maximum absolute atomic E-state index is 12.0.